The first-order valence-corrected chi connectivity index (χ1v) is 4.68. The summed E-state index contributed by atoms with van der Waals surface area (Å²) in [7, 11) is 0. The molecule has 2 atom stereocenters. The van der Waals surface area contributed by atoms with E-state index in [9.17, 15) is 4.79 Å². The van der Waals surface area contributed by atoms with Crippen molar-refractivity contribution < 1.29 is 15.0 Å². The summed E-state index contributed by atoms with van der Waals surface area (Å²) in [5.74, 6) is -0.109. The Hall–Kier alpha value is -0.610. The van der Waals surface area contributed by atoms with E-state index < -0.39 is 6.10 Å². The van der Waals surface area contributed by atoms with Crippen LogP contribution in [-0.4, -0.2) is 34.9 Å². The number of hydrogen-bond acceptors (Lipinski definition) is 3. The first-order valence-electron chi connectivity index (χ1n) is 4.68. The molecular formula is C9H19NO3. The van der Waals surface area contributed by atoms with Crippen molar-refractivity contribution in [2.75, 3.05) is 6.61 Å². The van der Waals surface area contributed by atoms with Gasteiger partial charge in [0.05, 0.1) is 18.8 Å². The van der Waals surface area contributed by atoms with Crippen molar-refractivity contribution in [1.82, 2.24) is 5.32 Å². The Morgan fingerprint density at radius 2 is 2.15 bits per heavy atom. The lowest BCUT2D eigenvalue weighted by Crippen LogP contribution is -2.37. The molecule has 0 bridgehead atoms. The molecule has 3 N–H and O–H groups in total. The van der Waals surface area contributed by atoms with Crippen LogP contribution in [-0.2, 0) is 4.79 Å². The van der Waals surface area contributed by atoms with Gasteiger partial charge < -0.3 is 15.5 Å². The van der Waals surface area contributed by atoms with Gasteiger partial charge in [0.1, 0.15) is 0 Å². The highest BCUT2D eigenvalue weighted by molar-refractivity contribution is 5.76. The molecule has 0 saturated carbocycles. The fraction of sp³-hybridized carbons (Fsp3) is 0.889. The minimum atomic E-state index is -0.444. The summed E-state index contributed by atoms with van der Waals surface area (Å²) in [4.78, 5) is 11.1. The lowest BCUT2D eigenvalue weighted by atomic mass is 10.2. The van der Waals surface area contributed by atoms with Crippen LogP contribution in [0.25, 0.3) is 0 Å². The molecule has 1 amide bonds. The number of aliphatic hydroxyl groups is 2. The van der Waals surface area contributed by atoms with Gasteiger partial charge in [0.15, 0.2) is 0 Å². The van der Waals surface area contributed by atoms with E-state index in [0.29, 0.717) is 12.8 Å². The lowest BCUT2D eigenvalue weighted by Gasteiger charge is -2.14. The third kappa shape index (κ3) is 6.54. The molecule has 0 aromatic rings. The second-order valence-corrected chi connectivity index (χ2v) is 3.24. The summed E-state index contributed by atoms with van der Waals surface area (Å²) in [6.45, 7) is 3.52. The van der Waals surface area contributed by atoms with Crippen molar-refractivity contribution in [3.8, 4) is 0 Å². The van der Waals surface area contributed by atoms with Gasteiger partial charge >= 0.3 is 0 Å². The van der Waals surface area contributed by atoms with Gasteiger partial charge in [-0.25, -0.2) is 0 Å². The van der Waals surface area contributed by atoms with Gasteiger partial charge in [-0.2, -0.15) is 0 Å². The van der Waals surface area contributed by atoms with Gasteiger partial charge in [-0.15, -0.1) is 0 Å². The highest BCUT2D eigenvalue weighted by atomic mass is 16.3. The standard InChI is InChI=1S/C9H19NO3/c1-3-8(6-11)10-9(13)5-4-7(2)12/h7-8,11-12H,3-6H2,1-2H3,(H,10,13). The van der Waals surface area contributed by atoms with Crippen LogP contribution in [0.1, 0.15) is 33.1 Å². The smallest absolute Gasteiger partial charge is 0.220 e. The van der Waals surface area contributed by atoms with Crippen molar-refractivity contribution in [2.24, 2.45) is 0 Å². The summed E-state index contributed by atoms with van der Waals surface area (Å²) in [6.07, 6.45) is 1.05. The van der Waals surface area contributed by atoms with Crippen LogP contribution in [0.15, 0.2) is 0 Å². The topological polar surface area (TPSA) is 69.6 Å². The molecule has 0 aromatic carbocycles. The Kier molecular flexibility index (Phi) is 6.54. The van der Waals surface area contributed by atoms with E-state index in [0.717, 1.165) is 6.42 Å². The lowest BCUT2D eigenvalue weighted by molar-refractivity contribution is -0.122. The van der Waals surface area contributed by atoms with Crippen LogP contribution in [0.5, 0.6) is 0 Å². The van der Waals surface area contributed by atoms with Gasteiger partial charge in [-0.05, 0) is 19.8 Å². The Balaban J connectivity index is 3.60. The first kappa shape index (κ1) is 12.4. The molecule has 0 spiro atoms. The van der Waals surface area contributed by atoms with Gasteiger partial charge in [0.2, 0.25) is 5.91 Å². The second kappa shape index (κ2) is 6.86. The summed E-state index contributed by atoms with van der Waals surface area (Å²) >= 11 is 0. The Morgan fingerprint density at radius 3 is 2.54 bits per heavy atom. The molecule has 0 aliphatic heterocycles. The summed E-state index contributed by atoms with van der Waals surface area (Å²) < 4.78 is 0. The number of rotatable bonds is 6. The normalized spacial score (nSPS) is 15.1. The quantitative estimate of drug-likeness (QED) is 0.552. The van der Waals surface area contributed by atoms with Crippen molar-refractivity contribution >= 4 is 5.91 Å². The predicted octanol–water partition coefficient (Wildman–Crippen LogP) is 0.0345. The van der Waals surface area contributed by atoms with Gasteiger partial charge in [-0.1, -0.05) is 6.92 Å². The largest absolute Gasteiger partial charge is 0.394 e. The zero-order valence-electron chi connectivity index (χ0n) is 8.29. The number of hydrogen-bond donors (Lipinski definition) is 3. The summed E-state index contributed by atoms with van der Waals surface area (Å²) in [5, 5.41) is 20.4. The highest BCUT2D eigenvalue weighted by Crippen LogP contribution is 1.97. The SMILES string of the molecule is CCC(CO)NC(=O)CCC(C)O. The van der Waals surface area contributed by atoms with E-state index in [1.807, 2.05) is 6.92 Å². The molecule has 0 fully saturated rings. The third-order valence-electron chi connectivity index (χ3n) is 1.87. The Labute approximate surface area is 79.0 Å². The fourth-order valence-electron chi connectivity index (χ4n) is 0.917. The van der Waals surface area contributed by atoms with Crippen LogP contribution in [0.4, 0.5) is 0 Å². The molecule has 0 rings (SSSR count). The maximum atomic E-state index is 11.1. The van der Waals surface area contributed by atoms with E-state index in [1.54, 1.807) is 6.92 Å². The molecule has 0 saturated heterocycles. The Bertz CT molecular complexity index is 144. The molecule has 0 aliphatic carbocycles. The maximum Gasteiger partial charge on any atom is 0.220 e. The van der Waals surface area contributed by atoms with E-state index in [2.05, 4.69) is 5.32 Å². The Morgan fingerprint density at radius 1 is 1.54 bits per heavy atom. The minimum absolute atomic E-state index is 0.0308. The van der Waals surface area contributed by atoms with E-state index in [1.165, 1.54) is 0 Å². The first-order chi connectivity index (χ1) is 6.10. The number of aliphatic hydroxyl groups excluding tert-OH is 2. The zero-order valence-corrected chi connectivity index (χ0v) is 8.29. The summed E-state index contributed by atoms with van der Waals surface area (Å²) in [6, 6.07) is -0.151. The van der Waals surface area contributed by atoms with Gasteiger partial charge in [0.25, 0.3) is 0 Å². The summed E-state index contributed by atoms with van der Waals surface area (Å²) in [5.41, 5.74) is 0. The van der Waals surface area contributed by atoms with E-state index in [-0.39, 0.29) is 18.6 Å². The van der Waals surface area contributed by atoms with Crippen molar-refractivity contribution in [1.29, 1.82) is 0 Å². The molecule has 13 heavy (non-hydrogen) atoms. The highest BCUT2D eigenvalue weighted by Gasteiger charge is 2.09. The van der Waals surface area contributed by atoms with Crippen LogP contribution < -0.4 is 5.32 Å². The zero-order chi connectivity index (χ0) is 10.3. The number of amides is 1. The van der Waals surface area contributed by atoms with Crippen molar-refractivity contribution in [3.05, 3.63) is 0 Å². The third-order valence-corrected chi connectivity index (χ3v) is 1.87. The second-order valence-electron chi connectivity index (χ2n) is 3.24. The molecule has 4 nitrogen and oxygen atoms in total. The molecular weight excluding hydrogens is 170 g/mol. The number of carbonyl (C=O) groups is 1. The molecule has 0 aliphatic rings. The number of carbonyl (C=O) groups excluding carboxylic acids is 1. The van der Waals surface area contributed by atoms with Gasteiger partial charge in [0, 0.05) is 6.42 Å². The monoisotopic (exact) mass is 189 g/mol. The fourth-order valence-corrected chi connectivity index (χ4v) is 0.917. The van der Waals surface area contributed by atoms with Gasteiger partial charge in [-0.3, -0.25) is 4.79 Å². The van der Waals surface area contributed by atoms with Crippen LogP contribution in [0.2, 0.25) is 0 Å². The predicted molar refractivity (Wildman–Crippen MR) is 50.2 cm³/mol. The molecule has 0 radical (unpaired) electrons. The molecule has 0 heterocycles. The minimum Gasteiger partial charge on any atom is -0.394 e. The average molecular weight is 189 g/mol. The van der Waals surface area contributed by atoms with E-state index in [4.69, 9.17) is 10.2 Å². The molecule has 4 heteroatoms. The molecule has 78 valence electrons. The average Bonchev–Trinajstić information content (AvgIpc) is 2.10. The maximum absolute atomic E-state index is 11.1. The van der Waals surface area contributed by atoms with Crippen molar-refractivity contribution in [2.45, 2.75) is 45.3 Å². The van der Waals surface area contributed by atoms with Crippen molar-refractivity contribution in [3.63, 3.8) is 0 Å². The van der Waals surface area contributed by atoms with E-state index >= 15 is 0 Å². The van der Waals surface area contributed by atoms with Crippen LogP contribution >= 0.6 is 0 Å². The number of nitrogens with one attached hydrogen (secondary N) is 1. The molecule has 0 aromatic heterocycles. The molecule has 2 unspecified atom stereocenters. The van der Waals surface area contributed by atoms with Crippen LogP contribution in [0, 0.1) is 0 Å². The van der Waals surface area contributed by atoms with Crippen LogP contribution in [0.3, 0.4) is 0 Å².